The molecule has 0 heterocycles. The third-order valence-corrected chi connectivity index (χ3v) is 2.81. The van der Waals surface area contributed by atoms with Gasteiger partial charge in [-0.05, 0) is 12.0 Å². The van der Waals surface area contributed by atoms with Gasteiger partial charge in [0, 0.05) is 33.4 Å². The smallest absolute Gasteiger partial charge is 0.0928 e. The van der Waals surface area contributed by atoms with E-state index in [-0.39, 0.29) is 12.1 Å². The van der Waals surface area contributed by atoms with E-state index in [9.17, 15) is 0 Å². The molecule has 102 valence electrons. The van der Waals surface area contributed by atoms with Crippen molar-refractivity contribution in [2.24, 2.45) is 5.73 Å². The number of methoxy groups -OCH3 is 2. The standard InChI is InChI=1S/C14H24N2O2/c1-17-11-14(18-2)10-16-9-13(15)8-12-6-4-3-5-7-12/h3-7,13-14,16H,8-11,15H2,1-2H3/t13-,14?/m1/s1. The molecule has 0 saturated carbocycles. The summed E-state index contributed by atoms with van der Waals surface area (Å²) in [6.07, 6.45) is 0.967. The van der Waals surface area contributed by atoms with Crippen LogP contribution in [0.25, 0.3) is 0 Å². The van der Waals surface area contributed by atoms with Crippen LogP contribution in [-0.2, 0) is 15.9 Å². The fraction of sp³-hybridized carbons (Fsp3) is 0.571. The van der Waals surface area contributed by atoms with Crippen LogP contribution in [0.5, 0.6) is 0 Å². The zero-order valence-electron chi connectivity index (χ0n) is 11.3. The molecular formula is C14H24N2O2. The summed E-state index contributed by atoms with van der Waals surface area (Å²) in [6.45, 7) is 2.13. The normalized spacial score (nSPS) is 14.4. The van der Waals surface area contributed by atoms with E-state index in [1.807, 2.05) is 18.2 Å². The number of hydrogen-bond donors (Lipinski definition) is 2. The van der Waals surface area contributed by atoms with Gasteiger partial charge in [-0.1, -0.05) is 30.3 Å². The van der Waals surface area contributed by atoms with Crippen molar-refractivity contribution in [1.29, 1.82) is 0 Å². The third-order valence-electron chi connectivity index (χ3n) is 2.81. The molecule has 4 nitrogen and oxygen atoms in total. The largest absolute Gasteiger partial charge is 0.382 e. The maximum absolute atomic E-state index is 6.07. The predicted molar refractivity (Wildman–Crippen MR) is 73.7 cm³/mol. The van der Waals surface area contributed by atoms with Crippen LogP contribution < -0.4 is 11.1 Å². The minimum absolute atomic E-state index is 0.0823. The average Bonchev–Trinajstić information content (AvgIpc) is 2.39. The number of benzene rings is 1. The summed E-state index contributed by atoms with van der Waals surface area (Å²) in [5.41, 5.74) is 7.34. The summed E-state index contributed by atoms with van der Waals surface area (Å²) >= 11 is 0. The van der Waals surface area contributed by atoms with Gasteiger partial charge in [0.25, 0.3) is 0 Å². The van der Waals surface area contributed by atoms with E-state index in [2.05, 4.69) is 17.4 Å². The van der Waals surface area contributed by atoms with Crippen molar-refractivity contribution in [2.45, 2.75) is 18.6 Å². The molecule has 2 atom stereocenters. The number of rotatable bonds is 9. The molecule has 0 aliphatic rings. The first kappa shape index (κ1) is 15.1. The number of hydrogen-bond acceptors (Lipinski definition) is 4. The monoisotopic (exact) mass is 252 g/mol. The Labute approximate surface area is 109 Å². The Kier molecular flexibility index (Phi) is 7.60. The van der Waals surface area contributed by atoms with E-state index >= 15 is 0 Å². The van der Waals surface area contributed by atoms with Crippen LogP contribution in [-0.4, -0.2) is 46.1 Å². The van der Waals surface area contributed by atoms with E-state index in [0.717, 1.165) is 19.5 Å². The number of nitrogens with one attached hydrogen (secondary N) is 1. The van der Waals surface area contributed by atoms with Crippen molar-refractivity contribution < 1.29 is 9.47 Å². The molecule has 0 amide bonds. The summed E-state index contributed by atoms with van der Waals surface area (Å²) in [6, 6.07) is 10.4. The van der Waals surface area contributed by atoms with E-state index in [1.54, 1.807) is 14.2 Å². The highest BCUT2D eigenvalue weighted by Gasteiger charge is 2.08. The van der Waals surface area contributed by atoms with Crippen LogP contribution in [0.4, 0.5) is 0 Å². The van der Waals surface area contributed by atoms with Crippen LogP contribution in [0.15, 0.2) is 30.3 Å². The van der Waals surface area contributed by atoms with E-state index in [4.69, 9.17) is 15.2 Å². The molecule has 0 bridgehead atoms. The van der Waals surface area contributed by atoms with Crippen LogP contribution in [0, 0.1) is 0 Å². The van der Waals surface area contributed by atoms with Gasteiger partial charge in [-0.25, -0.2) is 0 Å². The Morgan fingerprint density at radius 1 is 1.17 bits per heavy atom. The zero-order valence-corrected chi connectivity index (χ0v) is 11.3. The molecule has 4 heteroatoms. The lowest BCUT2D eigenvalue weighted by molar-refractivity contribution is 0.0289. The molecule has 0 spiro atoms. The fourth-order valence-corrected chi connectivity index (χ4v) is 1.81. The van der Waals surface area contributed by atoms with Crippen LogP contribution in [0.1, 0.15) is 5.56 Å². The Bertz CT molecular complexity index is 306. The molecule has 0 aliphatic carbocycles. The van der Waals surface area contributed by atoms with Gasteiger partial charge in [0.2, 0.25) is 0 Å². The van der Waals surface area contributed by atoms with Gasteiger partial charge in [0.1, 0.15) is 0 Å². The molecule has 0 fully saturated rings. The highest BCUT2D eigenvalue weighted by Crippen LogP contribution is 2.01. The van der Waals surface area contributed by atoms with Gasteiger partial charge in [0.05, 0.1) is 12.7 Å². The number of nitrogens with two attached hydrogens (primary N) is 1. The van der Waals surface area contributed by atoms with Crippen LogP contribution in [0.3, 0.4) is 0 Å². The second-order valence-corrected chi connectivity index (χ2v) is 4.42. The van der Waals surface area contributed by atoms with Crippen molar-refractivity contribution >= 4 is 0 Å². The van der Waals surface area contributed by atoms with Gasteiger partial charge < -0.3 is 20.5 Å². The molecule has 3 N–H and O–H groups in total. The van der Waals surface area contributed by atoms with Gasteiger partial charge in [-0.2, -0.15) is 0 Å². The molecule has 0 aromatic heterocycles. The summed E-state index contributed by atoms with van der Waals surface area (Å²) in [4.78, 5) is 0. The van der Waals surface area contributed by atoms with E-state index < -0.39 is 0 Å². The first-order valence-electron chi connectivity index (χ1n) is 6.28. The minimum Gasteiger partial charge on any atom is -0.382 e. The van der Waals surface area contributed by atoms with Crippen molar-refractivity contribution in [3.05, 3.63) is 35.9 Å². The van der Waals surface area contributed by atoms with Crippen molar-refractivity contribution in [3.63, 3.8) is 0 Å². The molecule has 1 unspecified atom stereocenters. The summed E-state index contributed by atoms with van der Waals surface area (Å²) in [7, 11) is 3.36. The van der Waals surface area contributed by atoms with Crippen LogP contribution >= 0.6 is 0 Å². The lowest BCUT2D eigenvalue weighted by Crippen LogP contribution is -2.40. The molecule has 0 aliphatic heterocycles. The van der Waals surface area contributed by atoms with Gasteiger partial charge >= 0.3 is 0 Å². The fourth-order valence-electron chi connectivity index (χ4n) is 1.81. The van der Waals surface area contributed by atoms with Crippen molar-refractivity contribution in [1.82, 2.24) is 5.32 Å². The summed E-state index contributed by atoms with van der Waals surface area (Å²) in [5.74, 6) is 0. The van der Waals surface area contributed by atoms with Crippen molar-refractivity contribution in [3.8, 4) is 0 Å². The predicted octanol–water partition coefficient (Wildman–Crippen LogP) is 0.807. The highest BCUT2D eigenvalue weighted by molar-refractivity contribution is 5.15. The average molecular weight is 252 g/mol. The van der Waals surface area contributed by atoms with Crippen molar-refractivity contribution in [2.75, 3.05) is 33.9 Å². The second-order valence-electron chi connectivity index (χ2n) is 4.42. The lowest BCUT2D eigenvalue weighted by atomic mass is 10.1. The number of ether oxygens (including phenoxy) is 2. The first-order chi connectivity index (χ1) is 8.76. The highest BCUT2D eigenvalue weighted by atomic mass is 16.5. The molecule has 0 radical (unpaired) electrons. The van der Waals surface area contributed by atoms with Gasteiger partial charge in [-0.3, -0.25) is 0 Å². The third kappa shape index (κ3) is 6.12. The lowest BCUT2D eigenvalue weighted by Gasteiger charge is -2.17. The van der Waals surface area contributed by atoms with Gasteiger partial charge in [0.15, 0.2) is 0 Å². The van der Waals surface area contributed by atoms with Crippen LogP contribution in [0.2, 0.25) is 0 Å². The SMILES string of the molecule is COCC(CNC[C@H](N)Cc1ccccc1)OC. The molecule has 1 aromatic rings. The van der Waals surface area contributed by atoms with E-state index in [1.165, 1.54) is 5.56 Å². The Balaban J connectivity index is 2.19. The molecule has 18 heavy (non-hydrogen) atoms. The topological polar surface area (TPSA) is 56.5 Å². The summed E-state index contributed by atoms with van der Waals surface area (Å²) < 4.78 is 10.3. The quantitative estimate of drug-likeness (QED) is 0.683. The maximum Gasteiger partial charge on any atom is 0.0928 e. The Hall–Kier alpha value is -0.940. The Morgan fingerprint density at radius 3 is 2.50 bits per heavy atom. The Morgan fingerprint density at radius 2 is 1.89 bits per heavy atom. The molecular weight excluding hydrogens is 228 g/mol. The summed E-state index contributed by atoms with van der Waals surface area (Å²) in [5, 5.41) is 3.31. The second kappa shape index (κ2) is 9.05. The van der Waals surface area contributed by atoms with Gasteiger partial charge in [-0.15, -0.1) is 0 Å². The maximum atomic E-state index is 6.07. The first-order valence-corrected chi connectivity index (χ1v) is 6.28. The van der Waals surface area contributed by atoms with E-state index in [0.29, 0.717) is 6.61 Å². The minimum atomic E-state index is 0.0823. The molecule has 0 saturated heterocycles. The zero-order chi connectivity index (χ0) is 13.2. The molecule has 1 rings (SSSR count). The molecule has 1 aromatic carbocycles.